The maximum absolute atomic E-state index is 4.43. The highest BCUT2D eigenvalue weighted by Crippen LogP contribution is 2.30. The molecule has 0 atom stereocenters. The predicted octanol–water partition coefficient (Wildman–Crippen LogP) is 3.45. The van der Waals surface area contributed by atoms with Crippen LogP contribution in [0.4, 0.5) is 0 Å². The normalized spacial score (nSPS) is 14.3. The largest absolute Gasteiger partial charge is 0.256 e. The highest BCUT2D eigenvalue weighted by molar-refractivity contribution is 8.01. The molecule has 0 saturated carbocycles. The van der Waals surface area contributed by atoms with Gasteiger partial charge in [0.05, 0.1) is 5.52 Å². The first-order valence-corrected chi connectivity index (χ1v) is 5.65. The Bertz CT molecular complexity index is 517. The highest BCUT2D eigenvalue weighted by Gasteiger charge is 2.08. The zero-order chi connectivity index (χ0) is 9.38. The fourth-order valence-corrected chi connectivity index (χ4v) is 2.60. The minimum absolute atomic E-state index is 1.06. The van der Waals surface area contributed by atoms with Crippen LogP contribution in [0.15, 0.2) is 35.9 Å². The number of para-hydroxylation sites is 1. The summed E-state index contributed by atoms with van der Waals surface area (Å²) in [6.45, 7) is 0. The topological polar surface area (TPSA) is 12.9 Å². The molecule has 3 rings (SSSR count). The zero-order valence-corrected chi connectivity index (χ0v) is 8.42. The zero-order valence-electron chi connectivity index (χ0n) is 7.60. The lowest BCUT2D eigenvalue weighted by Gasteiger charge is -2.11. The Morgan fingerprint density at radius 1 is 1.21 bits per heavy atom. The van der Waals surface area contributed by atoms with E-state index in [1.165, 1.54) is 16.5 Å². The molecule has 14 heavy (non-hydrogen) atoms. The standard InChI is InChI=1S/C12H9NS/c1-2-4-12-10(3-1)11-8-14-6-5-9(11)7-13-12/h1-7H,8H2. The second-order valence-electron chi connectivity index (χ2n) is 3.32. The van der Waals surface area contributed by atoms with E-state index in [1.54, 1.807) is 0 Å². The summed E-state index contributed by atoms with van der Waals surface area (Å²) in [5.74, 6) is 1.06. The lowest BCUT2D eigenvalue weighted by atomic mass is 10.1. The molecule has 1 aromatic carbocycles. The van der Waals surface area contributed by atoms with Gasteiger partial charge in [0.2, 0.25) is 0 Å². The van der Waals surface area contributed by atoms with Gasteiger partial charge >= 0.3 is 0 Å². The Labute approximate surface area is 86.9 Å². The minimum atomic E-state index is 1.06. The van der Waals surface area contributed by atoms with Crippen molar-refractivity contribution in [2.75, 3.05) is 0 Å². The third-order valence-electron chi connectivity index (χ3n) is 2.49. The van der Waals surface area contributed by atoms with Crippen LogP contribution in [-0.2, 0) is 5.75 Å². The summed E-state index contributed by atoms with van der Waals surface area (Å²) in [4.78, 5) is 4.43. The average molecular weight is 199 g/mol. The molecule has 1 aromatic heterocycles. The molecular weight excluding hydrogens is 190 g/mol. The molecule has 2 heterocycles. The Hall–Kier alpha value is -1.28. The molecule has 0 amide bonds. The van der Waals surface area contributed by atoms with E-state index in [2.05, 4.69) is 34.7 Å². The first-order valence-electron chi connectivity index (χ1n) is 4.60. The smallest absolute Gasteiger partial charge is 0.0705 e. The Kier molecular flexibility index (Phi) is 1.81. The molecule has 0 unspecified atom stereocenters. The second-order valence-corrected chi connectivity index (χ2v) is 4.22. The first-order chi connectivity index (χ1) is 6.95. The number of hydrogen-bond acceptors (Lipinski definition) is 2. The number of fused-ring (bicyclic) bond motifs is 3. The summed E-state index contributed by atoms with van der Waals surface area (Å²) in [6, 6.07) is 8.33. The van der Waals surface area contributed by atoms with Crippen molar-refractivity contribution in [2.24, 2.45) is 0 Å². The average Bonchev–Trinajstić information content (AvgIpc) is 2.29. The summed E-state index contributed by atoms with van der Waals surface area (Å²) >= 11 is 1.84. The molecule has 0 saturated heterocycles. The third-order valence-corrected chi connectivity index (χ3v) is 3.28. The Balaban J connectivity index is 2.41. The molecule has 0 N–H and O–H groups in total. The number of aromatic nitrogens is 1. The second kappa shape index (κ2) is 3.14. The van der Waals surface area contributed by atoms with Gasteiger partial charge in [-0.15, -0.1) is 11.8 Å². The Morgan fingerprint density at radius 3 is 3.14 bits per heavy atom. The number of hydrogen-bond donors (Lipinski definition) is 0. The maximum Gasteiger partial charge on any atom is 0.0705 e. The van der Waals surface area contributed by atoms with E-state index in [1.807, 2.05) is 24.0 Å². The van der Waals surface area contributed by atoms with Crippen LogP contribution < -0.4 is 0 Å². The molecule has 2 heteroatoms. The molecule has 1 nitrogen and oxygen atoms in total. The van der Waals surface area contributed by atoms with Crippen LogP contribution in [0, 0.1) is 0 Å². The molecule has 0 radical (unpaired) electrons. The number of thioether (sulfide) groups is 1. The summed E-state index contributed by atoms with van der Waals surface area (Å²) in [5, 5.41) is 3.43. The van der Waals surface area contributed by atoms with Crippen LogP contribution in [0.25, 0.3) is 17.0 Å². The SMILES string of the molecule is C1=Cc2cnc3ccccc3c2CS1. The molecule has 2 aromatic rings. The molecule has 68 valence electrons. The number of benzene rings is 1. The van der Waals surface area contributed by atoms with Crippen LogP contribution in [0.3, 0.4) is 0 Å². The first kappa shape index (κ1) is 8.06. The van der Waals surface area contributed by atoms with E-state index in [0.717, 1.165) is 11.3 Å². The molecule has 0 bridgehead atoms. The lowest BCUT2D eigenvalue weighted by molar-refractivity contribution is 1.33. The van der Waals surface area contributed by atoms with E-state index in [9.17, 15) is 0 Å². The van der Waals surface area contributed by atoms with Crippen molar-refractivity contribution in [3.05, 3.63) is 47.0 Å². The van der Waals surface area contributed by atoms with Crippen molar-refractivity contribution in [1.29, 1.82) is 0 Å². The lowest BCUT2D eigenvalue weighted by Crippen LogP contribution is -1.93. The molecule has 1 aliphatic rings. The summed E-state index contributed by atoms with van der Waals surface area (Å²) < 4.78 is 0. The monoisotopic (exact) mass is 199 g/mol. The van der Waals surface area contributed by atoms with Crippen molar-refractivity contribution in [3.8, 4) is 0 Å². The maximum atomic E-state index is 4.43. The number of pyridine rings is 1. The summed E-state index contributed by atoms with van der Waals surface area (Å²) in [5.41, 5.74) is 3.78. The molecule has 0 fully saturated rings. The number of rotatable bonds is 0. The van der Waals surface area contributed by atoms with E-state index in [4.69, 9.17) is 0 Å². The highest BCUT2D eigenvalue weighted by atomic mass is 32.2. The quantitative estimate of drug-likeness (QED) is 0.644. The fraction of sp³-hybridized carbons (Fsp3) is 0.0833. The van der Waals surface area contributed by atoms with Gasteiger partial charge in [0, 0.05) is 17.3 Å². The van der Waals surface area contributed by atoms with Crippen molar-refractivity contribution in [1.82, 2.24) is 4.98 Å². The van der Waals surface area contributed by atoms with Gasteiger partial charge in [0.15, 0.2) is 0 Å². The predicted molar refractivity (Wildman–Crippen MR) is 62.1 cm³/mol. The number of nitrogens with zero attached hydrogens (tertiary/aromatic N) is 1. The van der Waals surface area contributed by atoms with E-state index >= 15 is 0 Å². The van der Waals surface area contributed by atoms with Gasteiger partial charge in [-0.2, -0.15) is 0 Å². The minimum Gasteiger partial charge on any atom is -0.256 e. The van der Waals surface area contributed by atoms with Gasteiger partial charge in [-0.05, 0) is 28.7 Å². The van der Waals surface area contributed by atoms with Crippen LogP contribution in [-0.4, -0.2) is 4.98 Å². The summed E-state index contributed by atoms with van der Waals surface area (Å²) in [6.07, 6.45) is 4.11. The van der Waals surface area contributed by atoms with E-state index in [0.29, 0.717) is 0 Å². The molecular formula is C12H9NS. The summed E-state index contributed by atoms with van der Waals surface area (Å²) in [7, 11) is 0. The van der Waals surface area contributed by atoms with Gasteiger partial charge in [0.25, 0.3) is 0 Å². The van der Waals surface area contributed by atoms with Crippen molar-refractivity contribution in [2.45, 2.75) is 5.75 Å². The fourth-order valence-electron chi connectivity index (χ4n) is 1.77. The van der Waals surface area contributed by atoms with Crippen LogP contribution in [0.1, 0.15) is 11.1 Å². The van der Waals surface area contributed by atoms with E-state index in [-0.39, 0.29) is 0 Å². The van der Waals surface area contributed by atoms with E-state index < -0.39 is 0 Å². The van der Waals surface area contributed by atoms with Crippen LogP contribution >= 0.6 is 11.8 Å². The molecule has 1 aliphatic heterocycles. The van der Waals surface area contributed by atoms with Gasteiger partial charge in [-0.1, -0.05) is 18.2 Å². The van der Waals surface area contributed by atoms with Crippen molar-refractivity contribution < 1.29 is 0 Å². The van der Waals surface area contributed by atoms with Gasteiger partial charge < -0.3 is 0 Å². The third kappa shape index (κ3) is 1.15. The van der Waals surface area contributed by atoms with Crippen LogP contribution in [0.5, 0.6) is 0 Å². The van der Waals surface area contributed by atoms with Gasteiger partial charge in [0.1, 0.15) is 0 Å². The van der Waals surface area contributed by atoms with Gasteiger partial charge in [-0.3, -0.25) is 4.98 Å². The Morgan fingerprint density at radius 2 is 2.14 bits per heavy atom. The van der Waals surface area contributed by atoms with Crippen LogP contribution in [0.2, 0.25) is 0 Å². The molecule has 0 aliphatic carbocycles. The van der Waals surface area contributed by atoms with Crippen molar-refractivity contribution in [3.63, 3.8) is 0 Å². The van der Waals surface area contributed by atoms with Crippen molar-refractivity contribution >= 4 is 28.7 Å². The molecule has 0 spiro atoms. The van der Waals surface area contributed by atoms with Gasteiger partial charge in [-0.25, -0.2) is 0 Å².